The number of ketones is 1. The minimum atomic E-state index is 0.412. The van der Waals surface area contributed by atoms with E-state index < -0.39 is 0 Å². The fourth-order valence-corrected chi connectivity index (χ4v) is 1.78. The number of carbonyl (C=O) groups excluding carboxylic acids is 1. The third-order valence-corrected chi connectivity index (χ3v) is 2.86. The maximum atomic E-state index is 11.6. The van der Waals surface area contributed by atoms with Gasteiger partial charge in [0.1, 0.15) is 5.78 Å². The Bertz CT molecular complexity index is 155. The quantitative estimate of drug-likeness (QED) is 0.519. The van der Waals surface area contributed by atoms with Gasteiger partial charge in [-0.15, -0.1) is 0 Å². The lowest BCUT2D eigenvalue weighted by Gasteiger charge is -2.13. The van der Waals surface area contributed by atoms with Crippen molar-refractivity contribution in [3.8, 4) is 0 Å². The second-order valence-corrected chi connectivity index (χ2v) is 4.26. The smallest absolute Gasteiger partial charge is 0.133 e. The van der Waals surface area contributed by atoms with E-state index in [0.717, 1.165) is 19.3 Å². The predicted octanol–water partition coefficient (Wildman–Crippen LogP) is 3.59. The van der Waals surface area contributed by atoms with E-state index in [0.29, 0.717) is 24.7 Å². The number of hydrogen-bond acceptors (Lipinski definition) is 2. The Hall–Kier alpha value is -0.370. The molecule has 2 nitrogen and oxygen atoms in total. The first-order valence-corrected chi connectivity index (χ1v) is 6.25. The van der Waals surface area contributed by atoms with Crippen molar-refractivity contribution in [3.05, 3.63) is 0 Å². The molecule has 0 heterocycles. The molecule has 1 unspecified atom stereocenters. The van der Waals surface area contributed by atoms with Crippen molar-refractivity contribution in [2.75, 3.05) is 13.7 Å². The third-order valence-electron chi connectivity index (χ3n) is 2.86. The van der Waals surface area contributed by atoms with Crippen LogP contribution in [0.15, 0.2) is 0 Å². The van der Waals surface area contributed by atoms with Crippen LogP contribution in [0.2, 0.25) is 0 Å². The summed E-state index contributed by atoms with van der Waals surface area (Å²) in [7, 11) is 1.68. The molecule has 0 spiro atoms. The molecule has 90 valence electrons. The topological polar surface area (TPSA) is 26.3 Å². The first-order valence-electron chi connectivity index (χ1n) is 6.25. The van der Waals surface area contributed by atoms with Crippen molar-refractivity contribution in [1.82, 2.24) is 0 Å². The Morgan fingerprint density at radius 1 is 1.27 bits per heavy atom. The van der Waals surface area contributed by atoms with E-state index in [1.165, 1.54) is 19.3 Å². The number of carbonyl (C=O) groups is 1. The number of hydrogen-bond donors (Lipinski definition) is 0. The van der Waals surface area contributed by atoms with Gasteiger partial charge in [-0.1, -0.05) is 39.5 Å². The average molecular weight is 214 g/mol. The van der Waals surface area contributed by atoms with Crippen LogP contribution in [0, 0.1) is 5.92 Å². The lowest BCUT2D eigenvalue weighted by atomic mass is 9.92. The Balaban J connectivity index is 3.60. The molecule has 0 bridgehead atoms. The molecule has 0 fully saturated rings. The highest BCUT2D eigenvalue weighted by molar-refractivity contribution is 5.78. The molecule has 0 aliphatic carbocycles. The highest BCUT2D eigenvalue weighted by Gasteiger charge is 2.11. The molecular weight excluding hydrogens is 188 g/mol. The van der Waals surface area contributed by atoms with Gasteiger partial charge in [0, 0.05) is 26.6 Å². The molecule has 0 saturated carbocycles. The Labute approximate surface area is 94.4 Å². The summed E-state index contributed by atoms with van der Waals surface area (Å²) in [5, 5.41) is 0. The molecule has 0 amide bonds. The molecule has 0 rings (SSSR count). The summed E-state index contributed by atoms with van der Waals surface area (Å²) in [5.74, 6) is 1.02. The van der Waals surface area contributed by atoms with Crippen LogP contribution in [0.4, 0.5) is 0 Å². The first kappa shape index (κ1) is 14.6. The van der Waals surface area contributed by atoms with Crippen LogP contribution in [0.1, 0.15) is 58.8 Å². The lowest BCUT2D eigenvalue weighted by Crippen LogP contribution is -2.08. The van der Waals surface area contributed by atoms with Crippen molar-refractivity contribution in [2.24, 2.45) is 5.92 Å². The van der Waals surface area contributed by atoms with Crippen molar-refractivity contribution in [2.45, 2.75) is 58.8 Å². The van der Waals surface area contributed by atoms with Gasteiger partial charge in [0.05, 0.1) is 0 Å². The van der Waals surface area contributed by atoms with Gasteiger partial charge in [0.2, 0.25) is 0 Å². The largest absolute Gasteiger partial charge is 0.385 e. The van der Waals surface area contributed by atoms with E-state index in [2.05, 4.69) is 13.8 Å². The van der Waals surface area contributed by atoms with Crippen LogP contribution in [0.25, 0.3) is 0 Å². The SMILES string of the molecule is CCCCC(CC)CC(=O)CCCOC. The zero-order valence-corrected chi connectivity index (χ0v) is 10.6. The fourth-order valence-electron chi connectivity index (χ4n) is 1.78. The average Bonchev–Trinajstić information content (AvgIpc) is 2.24. The summed E-state index contributed by atoms with van der Waals surface area (Å²) < 4.78 is 4.94. The zero-order chi connectivity index (χ0) is 11.5. The molecule has 1 atom stereocenters. The normalized spacial score (nSPS) is 12.7. The summed E-state index contributed by atoms with van der Waals surface area (Å²) in [6.07, 6.45) is 7.17. The van der Waals surface area contributed by atoms with Crippen LogP contribution in [-0.4, -0.2) is 19.5 Å². The third kappa shape index (κ3) is 8.61. The minimum absolute atomic E-state index is 0.412. The van der Waals surface area contributed by atoms with Gasteiger partial charge in [-0.3, -0.25) is 4.79 Å². The summed E-state index contributed by atoms with van der Waals surface area (Å²) in [5.41, 5.74) is 0. The number of rotatable bonds is 10. The van der Waals surface area contributed by atoms with E-state index in [4.69, 9.17) is 4.74 Å². The maximum absolute atomic E-state index is 11.6. The zero-order valence-electron chi connectivity index (χ0n) is 10.6. The lowest BCUT2D eigenvalue weighted by molar-refractivity contribution is -0.120. The van der Waals surface area contributed by atoms with Crippen molar-refractivity contribution in [1.29, 1.82) is 0 Å². The molecule has 0 aliphatic rings. The van der Waals surface area contributed by atoms with Crippen LogP contribution >= 0.6 is 0 Å². The van der Waals surface area contributed by atoms with Crippen LogP contribution in [0.3, 0.4) is 0 Å². The van der Waals surface area contributed by atoms with Gasteiger partial charge in [-0.2, -0.15) is 0 Å². The van der Waals surface area contributed by atoms with Gasteiger partial charge in [-0.25, -0.2) is 0 Å². The molecule has 0 saturated heterocycles. The summed E-state index contributed by atoms with van der Waals surface area (Å²) in [4.78, 5) is 11.6. The molecular formula is C13H26O2. The van der Waals surface area contributed by atoms with Gasteiger partial charge in [0.15, 0.2) is 0 Å². The monoisotopic (exact) mass is 214 g/mol. The molecule has 0 radical (unpaired) electrons. The molecule has 0 aromatic carbocycles. The number of unbranched alkanes of at least 4 members (excludes halogenated alkanes) is 1. The standard InChI is InChI=1S/C13H26O2/c1-4-6-8-12(5-2)11-13(14)9-7-10-15-3/h12H,4-11H2,1-3H3. The van der Waals surface area contributed by atoms with Crippen LogP contribution in [0.5, 0.6) is 0 Å². The van der Waals surface area contributed by atoms with E-state index in [-0.39, 0.29) is 0 Å². The minimum Gasteiger partial charge on any atom is -0.385 e. The Kier molecular flexibility index (Phi) is 9.91. The van der Waals surface area contributed by atoms with E-state index in [9.17, 15) is 4.79 Å². The predicted molar refractivity (Wildman–Crippen MR) is 64.0 cm³/mol. The van der Waals surface area contributed by atoms with E-state index >= 15 is 0 Å². The van der Waals surface area contributed by atoms with Gasteiger partial charge in [-0.05, 0) is 12.3 Å². The highest BCUT2D eigenvalue weighted by atomic mass is 16.5. The molecule has 15 heavy (non-hydrogen) atoms. The Morgan fingerprint density at radius 2 is 2.00 bits per heavy atom. The van der Waals surface area contributed by atoms with Crippen LogP contribution in [-0.2, 0) is 9.53 Å². The summed E-state index contributed by atoms with van der Waals surface area (Å²) in [6, 6.07) is 0. The molecule has 0 N–H and O–H groups in total. The van der Waals surface area contributed by atoms with Gasteiger partial charge >= 0.3 is 0 Å². The summed E-state index contributed by atoms with van der Waals surface area (Å²) >= 11 is 0. The Morgan fingerprint density at radius 3 is 2.53 bits per heavy atom. The maximum Gasteiger partial charge on any atom is 0.133 e. The molecule has 0 aliphatic heterocycles. The van der Waals surface area contributed by atoms with Crippen molar-refractivity contribution in [3.63, 3.8) is 0 Å². The second kappa shape index (κ2) is 10.2. The number of methoxy groups -OCH3 is 1. The van der Waals surface area contributed by atoms with Crippen molar-refractivity contribution < 1.29 is 9.53 Å². The number of Topliss-reactive ketones (excluding diaryl/α,β-unsaturated/α-hetero) is 1. The molecule has 0 aromatic rings. The second-order valence-electron chi connectivity index (χ2n) is 4.26. The fraction of sp³-hybridized carbons (Fsp3) is 0.923. The molecule has 2 heteroatoms. The first-order chi connectivity index (χ1) is 7.24. The van der Waals surface area contributed by atoms with Gasteiger partial charge < -0.3 is 4.74 Å². The van der Waals surface area contributed by atoms with Crippen molar-refractivity contribution >= 4 is 5.78 Å². The number of ether oxygens (including phenoxy) is 1. The highest BCUT2D eigenvalue weighted by Crippen LogP contribution is 2.17. The molecule has 0 aromatic heterocycles. The van der Waals surface area contributed by atoms with Crippen LogP contribution < -0.4 is 0 Å². The van der Waals surface area contributed by atoms with E-state index in [1.807, 2.05) is 0 Å². The van der Waals surface area contributed by atoms with Gasteiger partial charge in [0.25, 0.3) is 0 Å². The van der Waals surface area contributed by atoms with E-state index in [1.54, 1.807) is 7.11 Å². The summed E-state index contributed by atoms with van der Waals surface area (Å²) in [6.45, 7) is 5.09.